The summed E-state index contributed by atoms with van der Waals surface area (Å²) in [6, 6.07) is 8.44. The quantitative estimate of drug-likeness (QED) is 0.848. The predicted octanol–water partition coefficient (Wildman–Crippen LogP) is 3.49. The average molecular weight is 288 g/mol. The Balaban J connectivity index is 2.61. The molecule has 0 bridgehead atoms. The zero-order valence-corrected chi connectivity index (χ0v) is 12.1. The van der Waals surface area contributed by atoms with Gasteiger partial charge in [0.1, 0.15) is 11.4 Å². The molecule has 0 heterocycles. The lowest BCUT2D eigenvalue weighted by Crippen LogP contribution is -2.17. The Labute approximate surface area is 122 Å². The van der Waals surface area contributed by atoms with E-state index in [1.165, 1.54) is 12.1 Å². The molecule has 0 radical (unpaired) electrons. The topological polar surface area (TPSA) is 66.6 Å². The highest BCUT2D eigenvalue weighted by Crippen LogP contribution is 2.33. The maximum absolute atomic E-state index is 13.5. The molecule has 4 nitrogen and oxygen atoms in total. The van der Waals surface area contributed by atoms with E-state index in [1.54, 1.807) is 11.9 Å². The molecule has 0 fully saturated rings. The van der Waals surface area contributed by atoms with Gasteiger partial charge in [-0.15, -0.1) is 0 Å². The summed E-state index contributed by atoms with van der Waals surface area (Å²) in [4.78, 5) is 13.1. The van der Waals surface area contributed by atoms with Crippen LogP contribution in [-0.4, -0.2) is 18.1 Å². The molecule has 2 rings (SSSR count). The van der Waals surface area contributed by atoms with Crippen LogP contribution in [0.4, 0.5) is 21.5 Å². The van der Waals surface area contributed by atoms with Crippen LogP contribution in [0.15, 0.2) is 30.3 Å². The highest BCUT2D eigenvalue weighted by molar-refractivity contribution is 6.01. The standard InChI is InChI=1S/C16H17FN2O2/c1-9-4-6-12(10(2)8-9)19(3)13-7-5-11(17)15(18)14(13)16(20)21/h4-8H,18H2,1-3H3,(H,20,21). The molecule has 3 N–H and O–H groups in total. The number of carboxylic acids is 1. The number of benzene rings is 2. The van der Waals surface area contributed by atoms with Gasteiger partial charge in [-0.2, -0.15) is 0 Å². The predicted molar refractivity (Wildman–Crippen MR) is 81.8 cm³/mol. The minimum absolute atomic E-state index is 0.225. The molecule has 0 spiro atoms. The molecular weight excluding hydrogens is 271 g/mol. The van der Waals surface area contributed by atoms with Crippen LogP contribution in [0.1, 0.15) is 21.5 Å². The van der Waals surface area contributed by atoms with E-state index in [-0.39, 0.29) is 11.3 Å². The summed E-state index contributed by atoms with van der Waals surface area (Å²) in [6.07, 6.45) is 0. The summed E-state index contributed by atoms with van der Waals surface area (Å²) in [5.41, 5.74) is 8.31. The van der Waals surface area contributed by atoms with E-state index in [0.717, 1.165) is 16.8 Å². The first kappa shape index (κ1) is 14.8. The molecule has 0 aliphatic heterocycles. The minimum atomic E-state index is -1.25. The number of anilines is 3. The summed E-state index contributed by atoms with van der Waals surface area (Å²) in [7, 11) is 1.73. The van der Waals surface area contributed by atoms with Gasteiger partial charge in [-0.05, 0) is 37.6 Å². The third-order valence-corrected chi connectivity index (χ3v) is 3.46. The van der Waals surface area contributed by atoms with Gasteiger partial charge in [0.05, 0.1) is 11.4 Å². The van der Waals surface area contributed by atoms with Crippen LogP contribution in [-0.2, 0) is 0 Å². The SMILES string of the molecule is Cc1ccc(N(C)c2ccc(F)c(N)c2C(=O)O)c(C)c1. The smallest absolute Gasteiger partial charge is 0.340 e. The van der Waals surface area contributed by atoms with Gasteiger partial charge in [-0.1, -0.05) is 17.7 Å². The van der Waals surface area contributed by atoms with Crippen molar-refractivity contribution in [2.75, 3.05) is 17.7 Å². The summed E-state index contributed by atoms with van der Waals surface area (Å²) < 4.78 is 13.5. The molecule has 0 amide bonds. The summed E-state index contributed by atoms with van der Waals surface area (Å²) in [5.74, 6) is -1.98. The molecule has 0 aliphatic carbocycles. The highest BCUT2D eigenvalue weighted by atomic mass is 19.1. The molecule has 0 aromatic heterocycles. The molecule has 110 valence electrons. The fraction of sp³-hybridized carbons (Fsp3) is 0.188. The van der Waals surface area contributed by atoms with Crippen molar-refractivity contribution in [1.82, 2.24) is 0 Å². The van der Waals surface area contributed by atoms with Crippen LogP contribution in [0, 0.1) is 19.7 Å². The van der Waals surface area contributed by atoms with Crippen molar-refractivity contribution >= 4 is 23.0 Å². The molecule has 21 heavy (non-hydrogen) atoms. The van der Waals surface area contributed by atoms with Gasteiger partial charge in [-0.25, -0.2) is 9.18 Å². The number of halogens is 1. The maximum atomic E-state index is 13.5. The lowest BCUT2D eigenvalue weighted by molar-refractivity contribution is 0.0698. The number of carboxylic acid groups (broad SMARTS) is 1. The van der Waals surface area contributed by atoms with Crippen LogP contribution >= 0.6 is 0 Å². The molecule has 2 aromatic carbocycles. The third-order valence-electron chi connectivity index (χ3n) is 3.46. The third kappa shape index (κ3) is 2.67. The van der Waals surface area contributed by atoms with Gasteiger partial charge >= 0.3 is 5.97 Å². The van der Waals surface area contributed by atoms with E-state index in [1.807, 2.05) is 32.0 Å². The number of aromatic carboxylic acids is 1. The zero-order chi connectivity index (χ0) is 15.7. The van der Waals surface area contributed by atoms with Crippen molar-refractivity contribution < 1.29 is 14.3 Å². The number of rotatable bonds is 3. The number of hydrogen-bond donors (Lipinski definition) is 2. The van der Waals surface area contributed by atoms with Crippen molar-refractivity contribution in [2.45, 2.75) is 13.8 Å². The van der Waals surface area contributed by atoms with Crippen molar-refractivity contribution in [3.05, 3.63) is 52.8 Å². The first-order valence-electron chi connectivity index (χ1n) is 6.45. The Hall–Kier alpha value is -2.56. The number of carbonyl (C=O) groups is 1. The van der Waals surface area contributed by atoms with Crippen LogP contribution in [0.25, 0.3) is 0 Å². The van der Waals surface area contributed by atoms with Gasteiger partial charge in [0.2, 0.25) is 0 Å². The van der Waals surface area contributed by atoms with Crippen LogP contribution in [0.3, 0.4) is 0 Å². The Morgan fingerprint density at radius 3 is 2.38 bits per heavy atom. The molecule has 0 saturated heterocycles. The van der Waals surface area contributed by atoms with E-state index in [0.29, 0.717) is 5.69 Å². The monoisotopic (exact) mass is 288 g/mol. The van der Waals surface area contributed by atoms with Gasteiger partial charge in [-0.3, -0.25) is 0 Å². The maximum Gasteiger partial charge on any atom is 0.340 e. The first-order valence-corrected chi connectivity index (χ1v) is 6.45. The summed E-state index contributed by atoms with van der Waals surface area (Å²) >= 11 is 0. The second-order valence-corrected chi connectivity index (χ2v) is 5.01. The highest BCUT2D eigenvalue weighted by Gasteiger charge is 2.21. The average Bonchev–Trinajstić information content (AvgIpc) is 2.40. The molecule has 2 aromatic rings. The van der Waals surface area contributed by atoms with Crippen LogP contribution in [0.2, 0.25) is 0 Å². The van der Waals surface area contributed by atoms with Gasteiger partial charge in [0, 0.05) is 12.7 Å². The first-order chi connectivity index (χ1) is 9.82. The molecule has 0 unspecified atom stereocenters. The van der Waals surface area contributed by atoms with Gasteiger partial charge in [0.15, 0.2) is 0 Å². The summed E-state index contributed by atoms with van der Waals surface area (Å²) in [5, 5.41) is 9.31. The lowest BCUT2D eigenvalue weighted by Gasteiger charge is -2.24. The van der Waals surface area contributed by atoms with Crippen molar-refractivity contribution in [2.24, 2.45) is 0 Å². The van der Waals surface area contributed by atoms with Crippen molar-refractivity contribution in [3.63, 3.8) is 0 Å². The molecule has 0 atom stereocenters. The molecule has 0 aliphatic rings. The van der Waals surface area contributed by atoms with Crippen LogP contribution < -0.4 is 10.6 Å². The van der Waals surface area contributed by atoms with Crippen molar-refractivity contribution in [3.8, 4) is 0 Å². The van der Waals surface area contributed by atoms with Crippen molar-refractivity contribution in [1.29, 1.82) is 0 Å². The van der Waals surface area contributed by atoms with E-state index in [4.69, 9.17) is 5.73 Å². The summed E-state index contributed by atoms with van der Waals surface area (Å²) in [6.45, 7) is 3.92. The Morgan fingerprint density at radius 2 is 1.81 bits per heavy atom. The molecular formula is C16H17FN2O2. The largest absolute Gasteiger partial charge is 0.478 e. The Morgan fingerprint density at radius 1 is 1.19 bits per heavy atom. The van der Waals surface area contributed by atoms with E-state index < -0.39 is 11.8 Å². The van der Waals surface area contributed by atoms with Crippen LogP contribution in [0.5, 0.6) is 0 Å². The fourth-order valence-electron chi connectivity index (χ4n) is 2.40. The number of nitrogens with two attached hydrogens (primary N) is 1. The number of aryl methyl sites for hydroxylation is 2. The van der Waals surface area contributed by atoms with E-state index >= 15 is 0 Å². The Kier molecular flexibility index (Phi) is 3.84. The van der Waals surface area contributed by atoms with E-state index in [2.05, 4.69) is 0 Å². The second kappa shape index (κ2) is 5.44. The number of nitrogen functional groups attached to an aromatic ring is 1. The zero-order valence-electron chi connectivity index (χ0n) is 12.1. The van der Waals surface area contributed by atoms with Gasteiger partial charge < -0.3 is 15.7 Å². The van der Waals surface area contributed by atoms with E-state index in [9.17, 15) is 14.3 Å². The lowest BCUT2D eigenvalue weighted by atomic mass is 10.1. The number of nitrogens with zero attached hydrogens (tertiary/aromatic N) is 1. The van der Waals surface area contributed by atoms with Gasteiger partial charge in [0.25, 0.3) is 0 Å². The molecule has 5 heteroatoms. The second-order valence-electron chi connectivity index (χ2n) is 5.01. The number of hydrogen-bond acceptors (Lipinski definition) is 3. The fourth-order valence-corrected chi connectivity index (χ4v) is 2.40. The molecule has 0 saturated carbocycles. The Bertz CT molecular complexity index is 714. The minimum Gasteiger partial charge on any atom is -0.478 e. The normalized spacial score (nSPS) is 10.5.